The van der Waals surface area contributed by atoms with Crippen LogP contribution in [0, 0.1) is 5.82 Å². The summed E-state index contributed by atoms with van der Waals surface area (Å²) in [6.45, 7) is 3.98. The average Bonchev–Trinajstić information content (AvgIpc) is 2.44. The molecule has 16 heavy (non-hydrogen) atoms. The first-order valence-corrected chi connectivity index (χ1v) is 5.04. The number of aromatic nitrogens is 2. The predicted molar refractivity (Wildman–Crippen MR) is 60.8 cm³/mol. The van der Waals surface area contributed by atoms with E-state index in [0.717, 1.165) is 0 Å². The number of nitrogens with zero attached hydrogens (tertiary/aromatic N) is 1. The van der Waals surface area contributed by atoms with Crippen molar-refractivity contribution in [2.24, 2.45) is 5.73 Å². The number of rotatable bonds is 2. The van der Waals surface area contributed by atoms with Crippen molar-refractivity contribution in [3.8, 4) is 0 Å². The minimum absolute atomic E-state index is 0.233. The summed E-state index contributed by atoms with van der Waals surface area (Å²) < 4.78 is 14.9. The molecule has 0 spiro atoms. The average molecular weight is 223 g/mol. The normalized spacial score (nSPS) is 12.2. The molecule has 0 bridgehead atoms. The molecule has 0 aliphatic rings. The number of para-hydroxylation sites is 1. The van der Waals surface area contributed by atoms with E-state index in [1.54, 1.807) is 12.1 Å². The van der Waals surface area contributed by atoms with Crippen molar-refractivity contribution in [3.05, 3.63) is 34.5 Å². The van der Waals surface area contributed by atoms with Gasteiger partial charge in [0, 0.05) is 12.1 Å². The van der Waals surface area contributed by atoms with Gasteiger partial charge in [-0.15, -0.1) is 0 Å². The second kappa shape index (κ2) is 3.45. The Morgan fingerprint density at radius 2 is 2.19 bits per heavy atom. The fraction of sp³-hybridized carbons (Fsp3) is 0.364. The highest BCUT2D eigenvalue weighted by Crippen LogP contribution is 2.15. The summed E-state index contributed by atoms with van der Waals surface area (Å²) in [5.41, 5.74) is 5.78. The van der Waals surface area contributed by atoms with Crippen molar-refractivity contribution in [2.45, 2.75) is 25.9 Å². The molecule has 0 amide bonds. The molecule has 1 aromatic carbocycles. The van der Waals surface area contributed by atoms with Crippen LogP contribution >= 0.6 is 0 Å². The number of aromatic amines is 1. The van der Waals surface area contributed by atoms with Gasteiger partial charge in [-0.2, -0.15) is 0 Å². The molecular formula is C11H14FN3O. The van der Waals surface area contributed by atoms with E-state index >= 15 is 0 Å². The van der Waals surface area contributed by atoms with E-state index in [0.29, 0.717) is 12.1 Å². The second-order valence-corrected chi connectivity index (χ2v) is 4.64. The Hall–Kier alpha value is -1.62. The Morgan fingerprint density at radius 3 is 2.81 bits per heavy atom. The van der Waals surface area contributed by atoms with Crippen molar-refractivity contribution in [3.63, 3.8) is 0 Å². The van der Waals surface area contributed by atoms with Crippen molar-refractivity contribution < 1.29 is 4.39 Å². The van der Waals surface area contributed by atoms with E-state index < -0.39 is 11.4 Å². The Balaban J connectivity index is 2.66. The molecule has 0 saturated heterocycles. The predicted octanol–water partition coefficient (Wildman–Crippen LogP) is 1.21. The van der Waals surface area contributed by atoms with Gasteiger partial charge in [0.05, 0.1) is 5.52 Å². The zero-order valence-corrected chi connectivity index (χ0v) is 9.25. The van der Waals surface area contributed by atoms with E-state index in [-0.39, 0.29) is 11.2 Å². The minimum Gasteiger partial charge on any atom is -0.324 e. The molecule has 1 heterocycles. The summed E-state index contributed by atoms with van der Waals surface area (Å²) in [4.78, 5) is 14.1. The van der Waals surface area contributed by atoms with Crippen molar-refractivity contribution in [1.29, 1.82) is 0 Å². The first kappa shape index (κ1) is 10.9. The van der Waals surface area contributed by atoms with Gasteiger partial charge in [-0.3, -0.25) is 4.57 Å². The van der Waals surface area contributed by atoms with E-state index in [1.165, 1.54) is 10.6 Å². The molecule has 4 nitrogen and oxygen atoms in total. The topological polar surface area (TPSA) is 63.8 Å². The number of nitrogens with two attached hydrogens (primary N) is 1. The molecule has 0 saturated carbocycles. The van der Waals surface area contributed by atoms with Crippen LogP contribution in [0.3, 0.4) is 0 Å². The molecule has 0 aliphatic carbocycles. The highest BCUT2D eigenvalue weighted by molar-refractivity contribution is 5.75. The van der Waals surface area contributed by atoms with Gasteiger partial charge in [0.2, 0.25) is 0 Å². The number of fused-ring (bicyclic) bond motifs is 1. The van der Waals surface area contributed by atoms with E-state index in [2.05, 4.69) is 4.98 Å². The van der Waals surface area contributed by atoms with Crippen LogP contribution in [0.4, 0.5) is 4.39 Å². The maximum Gasteiger partial charge on any atom is 0.326 e. The van der Waals surface area contributed by atoms with Gasteiger partial charge in [0.15, 0.2) is 0 Å². The Morgan fingerprint density at radius 1 is 1.50 bits per heavy atom. The van der Waals surface area contributed by atoms with Crippen molar-refractivity contribution in [2.75, 3.05) is 0 Å². The van der Waals surface area contributed by atoms with Gasteiger partial charge < -0.3 is 10.7 Å². The zero-order chi connectivity index (χ0) is 11.9. The number of hydrogen-bond acceptors (Lipinski definition) is 2. The number of hydrogen-bond donors (Lipinski definition) is 2. The number of benzene rings is 1. The summed E-state index contributed by atoms with van der Waals surface area (Å²) in [5, 5.41) is 0. The molecule has 0 unspecified atom stereocenters. The lowest BCUT2D eigenvalue weighted by molar-refractivity contribution is 0.434. The van der Waals surface area contributed by atoms with Gasteiger partial charge in [0.25, 0.3) is 0 Å². The summed E-state index contributed by atoms with van der Waals surface area (Å²) in [5.74, 6) is -0.428. The Bertz CT molecular complexity index is 577. The number of nitrogens with one attached hydrogen (secondary N) is 1. The summed E-state index contributed by atoms with van der Waals surface area (Å²) in [6, 6.07) is 4.59. The van der Waals surface area contributed by atoms with Crippen LogP contribution in [-0.4, -0.2) is 15.1 Å². The van der Waals surface area contributed by atoms with Crippen LogP contribution < -0.4 is 11.4 Å². The summed E-state index contributed by atoms with van der Waals surface area (Å²) >= 11 is 0. The van der Waals surface area contributed by atoms with Gasteiger partial charge in [0.1, 0.15) is 11.3 Å². The van der Waals surface area contributed by atoms with E-state index in [9.17, 15) is 9.18 Å². The minimum atomic E-state index is -0.523. The zero-order valence-electron chi connectivity index (χ0n) is 9.25. The molecule has 0 atom stereocenters. The first-order chi connectivity index (χ1) is 7.38. The molecule has 0 radical (unpaired) electrons. The molecule has 1 aromatic heterocycles. The molecule has 3 N–H and O–H groups in total. The first-order valence-electron chi connectivity index (χ1n) is 5.04. The van der Waals surface area contributed by atoms with Gasteiger partial charge in [-0.05, 0) is 26.0 Å². The molecule has 0 fully saturated rings. The van der Waals surface area contributed by atoms with Crippen LogP contribution in [0.5, 0.6) is 0 Å². The standard InChI is InChI=1S/C11H14FN3O/c1-11(2,13)6-15-8-5-3-4-7(12)9(8)14-10(15)16/h3-5H,6,13H2,1-2H3,(H,14,16). The van der Waals surface area contributed by atoms with Gasteiger partial charge >= 0.3 is 5.69 Å². The Kier molecular flexibility index (Phi) is 2.35. The molecule has 86 valence electrons. The monoisotopic (exact) mass is 223 g/mol. The smallest absolute Gasteiger partial charge is 0.324 e. The molecule has 5 heteroatoms. The maximum absolute atomic E-state index is 13.4. The lowest BCUT2D eigenvalue weighted by Crippen LogP contribution is -2.39. The third kappa shape index (κ3) is 1.86. The molecular weight excluding hydrogens is 209 g/mol. The fourth-order valence-electron chi connectivity index (χ4n) is 1.71. The SMILES string of the molecule is CC(C)(N)Cn1c(=O)[nH]c2c(F)cccc21. The van der Waals surface area contributed by atoms with Crippen molar-refractivity contribution in [1.82, 2.24) is 9.55 Å². The number of imidazole rings is 1. The third-order valence-electron chi connectivity index (χ3n) is 2.33. The van der Waals surface area contributed by atoms with Gasteiger partial charge in [-0.25, -0.2) is 9.18 Å². The molecule has 0 aliphatic heterocycles. The fourth-order valence-corrected chi connectivity index (χ4v) is 1.71. The number of halogens is 1. The second-order valence-electron chi connectivity index (χ2n) is 4.64. The lowest BCUT2D eigenvalue weighted by Gasteiger charge is -2.18. The van der Waals surface area contributed by atoms with Crippen LogP contribution in [0.15, 0.2) is 23.0 Å². The number of H-pyrrole nitrogens is 1. The Labute approximate surface area is 91.9 Å². The molecule has 2 aromatic rings. The van der Waals surface area contributed by atoms with E-state index in [1.807, 2.05) is 13.8 Å². The van der Waals surface area contributed by atoms with E-state index in [4.69, 9.17) is 5.73 Å². The van der Waals surface area contributed by atoms with Crippen LogP contribution in [-0.2, 0) is 6.54 Å². The highest BCUT2D eigenvalue weighted by atomic mass is 19.1. The summed E-state index contributed by atoms with van der Waals surface area (Å²) in [6.07, 6.45) is 0. The third-order valence-corrected chi connectivity index (χ3v) is 2.33. The maximum atomic E-state index is 13.4. The van der Waals surface area contributed by atoms with Crippen LogP contribution in [0.25, 0.3) is 11.0 Å². The van der Waals surface area contributed by atoms with Crippen LogP contribution in [0.1, 0.15) is 13.8 Å². The lowest BCUT2D eigenvalue weighted by atomic mass is 10.1. The molecule has 2 rings (SSSR count). The quantitative estimate of drug-likeness (QED) is 0.803. The largest absolute Gasteiger partial charge is 0.326 e. The van der Waals surface area contributed by atoms with Gasteiger partial charge in [-0.1, -0.05) is 6.07 Å². The van der Waals surface area contributed by atoms with Crippen molar-refractivity contribution >= 4 is 11.0 Å². The highest BCUT2D eigenvalue weighted by Gasteiger charge is 2.16. The van der Waals surface area contributed by atoms with Crippen LogP contribution in [0.2, 0.25) is 0 Å². The summed E-state index contributed by atoms with van der Waals surface area (Å²) in [7, 11) is 0.